The predicted octanol–water partition coefficient (Wildman–Crippen LogP) is -1.05. The third kappa shape index (κ3) is 2.10. The van der Waals surface area contributed by atoms with Crippen molar-refractivity contribution < 1.29 is 19.3 Å². The predicted molar refractivity (Wildman–Crippen MR) is 66.1 cm³/mol. The number of ether oxygens (including phenoxy) is 3. The van der Waals surface area contributed by atoms with Crippen LogP contribution in [0.15, 0.2) is 21.9 Å². The first kappa shape index (κ1) is 13.5. The van der Waals surface area contributed by atoms with Crippen molar-refractivity contribution in [3.8, 4) is 0 Å². The summed E-state index contributed by atoms with van der Waals surface area (Å²) >= 11 is 0. The van der Waals surface area contributed by atoms with E-state index in [4.69, 9.17) is 14.2 Å². The maximum Gasteiger partial charge on any atom is 0.330 e. The van der Waals surface area contributed by atoms with Gasteiger partial charge in [0.05, 0.1) is 6.61 Å². The van der Waals surface area contributed by atoms with Gasteiger partial charge in [0.15, 0.2) is 12.0 Å². The second-order valence-electron chi connectivity index (χ2n) is 5.33. The number of hydrogen-bond acceptors (Lipinski definition) is 6. The summed E-state index contributed by atoms with van der Waals surface area (Å²) in [6.07, 6.45) is -0.962. The van der Waals surface area contributed by atoms with Crippen molar-refractivity contribution in [3.63, 3.8) is 0 Å². The first-order valence-electron chi connectivity index (χ1n) is 6.35. The van der Waals surface area contributed by atoms with Crippen LogP contribution in [-0.2, 0) is 14.2 Å². The Bertz CT molecular complexity index is 621. The van der Waals surface area contributed by atoms with Gasteiger partial charge in [-0.05, 0) is 13.8 Å². The molecule has 2 aliphatic heterocycles. The summed E-state index contributed by atoms with van der Waals surface area (Å²) in [6, 6.07) is 1.23. The van der Waals surface area contributed by atoms with Crippen molar-refractivity contribution in [2.45, 2.75) is 44.2 Å². The van der Waals surface area contributed by atoms with E-state index in [1.807, 2.05) is 0 Å². The lowest BCUT2D eigenvalue weighted by molar-refractivity contribution is -0.200. The van der Waals surface area contributed by atoms with E-state index >= 15 is 0 Å². The zero-order valence-electron chi connectivity index (χ0n) is 11.1. The molecule has 0 amide bonds. The van der Waals surface area contributed by atoms with E-state index in [1.165, 1.54) is 16.8 Å². The minimum atomic E-state index is -0.809. The summed E-state index contributed by atoms with van der Waals surface area (Å²) < 4.78 is 18.3. The van der Waals surface area contributed by atoms with Gasteiger partial charge in [-0.3, -0.25) is 14.3 Å². The molecule has 3 rings (SSSR count). The topological polar surface area (TPSA) is 103 Å². The highest BCUT2D eigenvalue weighted by molar-refractivity contribution is 4.98. The molecule has 2 fully saturated rings. The summed E-state index contributed by atoms with van der Waals surface area (Å²) in [6.45, 7) is 3.27. The lowest BCUT2D eigenvalue weighted by Gasteiger charge is -2.24. The highest BCUT2D eigenvalue weighted by atomic mass is 16.8. The molecule has 2 aliphatic rings. The third-order valence-electron chi connectivity index (χ3n) is 3.43. The quantitative estimate of drug-likeness (QED) is 0.718. The average Bonchev–Trinajstić information content (AvgIpc) is 2.83. The standard InChI is InChI=1S/C12H16N2O6/c1-12(2)19-8-6(5-15)18-10(9(8)20-12)14-4-3-7(16)13-11(14)17/h3-4,6,8-10,15H,5H2,1-2H3,(H,13,16,17)/t6-,8+,9+,10+/m0/s1. The van der Waals surface area contributed by atoms with Crippen LogP contribution < -0.4 is 11.2 Å². The Morgan fingerprint density at radius 2 is 2.05 bits per heavy atom. The van der Waals surface area contributed by atoms with Gasteiger partial charge in [0.25, 0.3) is 5.56 Å². The van der Waals surface area contributed by atoms with E-state index in [-0.39, 0.29) is 6.61 Å². The first-order chi connectivity index (χ1) is 9.41. The number of H-pyrrole nitrogens is 1. The molecule has 0 radical (unpaired) electrons. The molecule has 110 valence electrons. The van der Waals surface area contributed by atoms with Crippen molar-refractivity contribution in [2.75, 3.05) is 6.61 Å². The van der Waals surface area contributed by atoms with Crippen LogP contribution in [0.4, 0.5) is 0 Å². The number of aromatic nitrogens is 2. The van der Waals surface area contributed by atoms with Crippen molar-refractivity contribution in [1.29, 1.82) is 0 Å². The van der Waals surface area contributed by atoms with Gasteiger partial charge in [0.1, 0.15) is 18.3 Å². The lowest BCUT2D eigenvalue weighted by Crippen LogP contribution is -2.37. The van der Waals surface area contributed by atoms with E-state index in [0.29, 0.717) is 0 Å². The second kappa shape index (κ2) is 4.52. The summed E-state index contributed by atoms with van der Waals surface area (Å²) in [5.74, 6) is -0.809. The molecule has 0 bridgehead atoms. The summed E-state index contributed by atoms with van der Waals surface area (Å²) in [4.78, 5) is 25.1. The molecule has 2 saturated heterocycles. The number of aliphatic hydroxyl groups excluding tert-OH is 1. The molecule has 0 saturated carbocycles. The molecule has 3 heterocycles. The zero-order chi connectivity index (χ0) is 14.5. The van der Waals surface area contributed by atoms with Crippen LogP contribution in [-0.4, -0.2) is 45.4 Å². The Kier molecular flexibility index (Phi) is 3.05. The second-order valence-corrected chi connectivity index (χ2v) is 5.33. The Morgan fingerprint density at radius 1 is 1.35 bits per heavy atom. The van der Waals surface area contributed by atoms with E-state index in [1.54, 1.807) is 13.8 Å². The molecular weight excluding hydrogens is 268 g/mol. The maximum absolute atomic E-state index is 11.8. The summed E-state index contributed by atoms with van der Waals surface area (Å²) in [7, 11) is 0. The highest BCUT2D eigenvalue weighted by Crippen LogP contribution is 2.42. The van der Waals surface area contributed by atoms with Crippen molar-refractivity contribution in [3.05, 3.63) is 33.1 Å². The van der Waals surface area contributed by atoms with Crippen LogP contribution in [0.2, 0.25) is 0 Å². The van der Waals surface area contributed by atoms with Gasteiger partial charge < -0.3 is 19.3 Å². The molecule has 8 heteroatoms. The molecule has 20 heavy (non-hydrogen) atoms. The SMILES string of the molecule is CC1(C)O[C@@H]2[C@H](O1)[C@H](CO)O[C@H]2n1ccc(=O)[nH]c1=O. The number of hydrogen-bond donors (Lipinski definition) is 2. The van der Waals surface area contributed by atoms with E-state index < -0.39 is 41.6 Å². The molecule has 0 aromatic carbocycles. The van der Waals surface area contributed by atoms with Crippen LogP contribution in [0.25, 0.3) is 0 Å². The van der Waals surface area contributed by atoms with E-state index in [9.17, 15) is 14.7 Å². The molecule has 4 atom stereocenters. The highest BCUT2D eigenvalue weighted by Gasteiger charge is 2.55. The van der Waals surface area contributed by atoms with Gasteiger partial charge in [-0.2, -0.15) is 0 Å². The fourth-order valence-corrected chi connectivity index (χ4v) is 2.66. The monoisotopic (exact) mass is 284 g/mol. The normalized spacial score (nSPS) is 35.1. The number of rotatable bonds is 2. The van der Waals surface area contributed by atoms with Gasteiger partial charge in [0.2, 0.25) is 0 Å². The van der Waals surface area contributed by atoms with Gasteiger partial charge in [-0.1, -0.05) is 0 Å². The molecule has 2 N–H and O–H groups in total. The Morgan fingerprint density at radius 3 is 2.70 bits per heavy atom. The Hall–Kier alpha value is -1.48. The molecule has 0 aliphatic carbocycles. The van der Waals surface area contributed by atoms with Crippen LogP contribution in [0.3, 0.4) is 0 Å². The third-order valence-corrected chi connectivity index (χ3v) is 3.43. The molecule has 1 aromatic rings. The maximum atomic E-state index is 11.8. The van der Waals surface area contributed by atoms with Gasteiger partial charge in [0, 0.05) is 12.3 Å². The van der Waals surface area contributed by atoms with Crippen LogP contribution in [0.1, 0.15) is 20.1 Å². The molecular formula is C12H16N2O6. The zero-order valence-corrected chi connectivity index (χ0v) is 11.1. The number of nitrogens with zero attached hydrogens (tertiary/aromatic N) is 1. The number of nitrogens with one attached hydrogen (secondary N) is 1. The van der Waals surface area contributed by atoms with Crippen molar-refractivity contribution in [1.82, 2.24) is 9.55 Å². The minimum Gasteiger partial charge on any atom is -0.394 e. The summed E-state index contributed by atoms with van der Waals surface area (Å²) in [5, 5.41) is 9.36. The Balaban J connectivity index is 1.98. The summed E-state index contributed by atoms with van der Waals surface area (Å²) in [5.41, 5.74) is -1.07. The molecule has 1 aromatic heterocycles. The molecule has 0 unspecified atom stereocenters. The van der Waals surface area contributed by atoms with Crippen LogP contribution >= 0.6 is 0 Å². The number of fused-ring (bicyclic) bond motifs is 1. The van der Waals surface area contributed by atoms with E-state index in [0.717, 1.165) is 0 Å². The minimum absolute atomic E-state index is 0.241. The largest absolute Gasteiger partial charge is 0.394 e. The molecule has 8 nitrogen and oxygen atoms in total. The van der Waals surface area contributed by atoms with Crippen molar-refractivity contribution >= 4 is 0 Å². The first-order valence-corrected chi connectivity index (χ1v) is 6.35. The Labute approximate surface area is 113 Å². The number of aliphatic hydroxyl groups is 1. The number of aromatic amines is 1. The molecule has 0 spiro atoms. The van der Waals surface area contributed by atoms with Gasteiger partial charge in [-0.25, -0.2) is 4.79 Å². The van der Waals surface area contributed by atoms with Gasteiger partial charge >= 0.3 is 5.69 Å². The fourth-order valence-electron chi connectivity index (χ4n) is 2.66. The average molecular weight is 284 g/mol. The lowest BCUT2D eigenvalue weighted by atomic mass is 10.1. The van der Waals surface area contributed by atoms with E-state index in [2.05, 4.69) is 4.98 Å². The van der Waals surface area contributed by atoms with Crippen LogP contribution in [0, 0.1) is 0 Å². The van der Waals surface area contributed by atoms with Crippen molar-refractivity contribution in [2.24, 2.45) is 0 Å². The van der Waals surface area contributed by atoms with Gasteiger partial charge in [-0.15, -0.1) is 0 Å². The fraction of sp³-hybridized carbons (Fsp3) is 0.667. The van der Waals surface area contributed by atoms with Crippen LogP contribution in [0.5, 0.6) is 0 Å². The smallest absolute Gasteiger partial charge is 0.330 e.